The van der Waals surface area contributed by atoms with E-state index in [-0.39, 0.29) is 37.4 Å². The quantitative estimate of drug-likeness (QED) is 0.693. The second-order valence-electron chi connectivity index (χ2n) is 3.88. The van der Waals surface area contributed by atoms with Gasteiger partial charge < -0.3 is 19.9 Å². The molecule has 0 amide bonds. The highest BCUT2D eigenvalue weighted by atomic mass is 19.1. The Morgan fingerprint density at radius 2 is 2.11 bits per heavy atom. The van der Waals surface area contributed by atoms with Crippen LogP contribution in [-0.2, 0) is 4.74 Å². The molecule has 1 aromatic rings. The zero-order chi connectivity index (χ0) is 13.4. The summed E-state index contributed by atoms with van der Waals surface area (Å²) < 4.78 is 24.0. The van der Waals surface area contributed by atoms with Crippen molar-refractivity contribution in [2.24, 2.45) is 0 Å². The van der Waals surface area contributed by atoms with Crippen molar-refractivity contribution in [3.8, 4) is 5.75 Å². The summed E-state index contributed by atoms with van der Waals surface area (Å²) in [6.07, 6.45) is 0. The fourth-order valence-electron chi connectivity index (χ4n) is 1.45. The van der Waals surface area contributed by atoms with Gasteiger partial charge in [-0.05, 0) is 31.7 Å². The van der Waals surface area contributed by atoms with Gasteiger partial charge in [0.25, 0.3) is 0 Å². The Bertz CT molecular complexity index is 360. The average Bonchev–Trinajstić information content (AvgIpc) is 2.39. The van der Waals surface area contributed by atoms with E-state index in [9.17, 15) is 4.39 Å². The number of ether oxygens (including phenoxy) is 2. The van der Waals surface area contributed by atoms with Gasteiger partial charge in [-0.25, -0.2) is 4.39 Å². The van der Waals surface area contributed by atoms with Gasteiger partial charge in [0.15, 0.2) is 11.6 Å². The Labute approximate surface area is 107 Å². The molecule has 1 rings (SSSR count). The molecule has 0 fully saturated rings. The summed E-state index contributed by atoms with van der Waals surface area (Å²) in [5.74, 6) is -0.161. The van der Waals surface area contributed by atoms with Crippen molar-refractivity contribution in [1.29, 1.82) is 0 Å². The third kappa shape index (κ3) is 4.60. The fraction of sp³-hybridized carbons (Fsp3) is 0.538. The van der Waals surface area contributed by atoms with Crippen molar-refractivity contribution < 1.29 is 19.0 Å². The first-order chi connectivity index (χ1) is 8.69. The van der Waals surface area contributed by atoms with Gasteiger partial charge in [-0.2, -0.15) is 0 Å². The molecule has 0 aliphatic carbocycles. The first-order valence-electron chi connectivity index (χ1n) is 5.97. The number of nitrogens with one attached hydrogen (secondary N) is 1. The lowest BCUT2D eigenvalue weighted by Crippen LogP contribution is -2.13. The molecule has 0 heterocycles. The van der Waals surface area contributed by atoms with E-state index in [2.05, 4.69) is 5.32 Å². The molecule has 1 aromatic carbocycles. The second-order valence-corrected chi connectivity index (χ2v) is 3.88. The molecular formula is C13H20FNO3. The molecule has 1 atom stereocenters. The Hall–Kier alpha value is -1.17. The maximum absolute atomic E-state index is 13.7. The molecule has 1 unspecified atom stereocenters. The summed E-state index contributed by atoms with van der Waals surface area (Å²) in [5.41, 5.74) is 0.874. The van der Waals surface area contributed by atoms with Crippen LogP contribution in [0.1, 0.15) is 18.5 Å². The van der Waals surface area contributed by atoms with Crippen molar-refractivity contribution in [1.82, 2.24) is 5.32 Å². The normalized spacial score (nSPS) is 12.4. The van der Waals surface area contributed by atoms with E-state index < -0.39 is 0 Å². The van der Waals surface area contributed by atoms with Crippen LogP contribution in [0.4, 0.5) is 4.39 Å². The van der Waals surface area contributed by atoms with Gasteiger partial charge in [0.2, 0.25) is 0 Å². The molecule has 0 spiro atoms. The summed E-state index contributed by atoms with van der Waals surface area (Å²) in [6.45, 7) is 2.79. The second kappa shape index (κ2) is 8.02. The molecule has 2 N–H and O–H groups in total. The third-order valence-electron chi connectivity index (χ3n) is 2.61. The van der Waals surface area contributed by atoms with Crippen LogP contribution in [0, 0.1) is 5.82 Å². The summed E-state index contributed by atoms with van der Waals surface area (Å²) >= 11 is 0. The molecule has 0 aliphatic heterocycles. The molecule has 0 radical (unpaired) electrons. The predicted molar refractivity (Wildman–Crippen MR) is 67.3 cm³/mol. The van der Waals surface area contributed by atoms with E-state index in [1.54, 1.807) is 6.07 Å². The van der Waals surface area contributed by atoms with Crippen LogP contribution < -0.4 is 10.1 Å². The SMILES string of the molecule is CNC(C)c1ccc(OCCOCCO)c(F)c1. The van der Waals surface area contributed by atoms with Crippen LogP contribution in [0.15, 0.2) is 18.2 Å². The van der Waals surface area contributed by atoms with Gasteiger partial charge in [0.1, 0.15) is 6.61 Å². The summed E-state index contributed by atoms with van der Waals surface area (Å²) in [5, 5.41) is 11.5. The molecule has 0 aromatic heterocycles. The average molecular weight is 257 g/mol. The van der Waals surface area contributed by atoms with Crippen molar-refractivity contribution in [2.45, 2.75) is 13.0 Å². The first-order valence-corrected chi connectivity index (χ1v) is 5.97. The van der Waals surface area contributed by atoms with Crippen LogP contribution in [0.2, 0.25) is 0 Å². The minimum Gasteiger partial charge on any atom is -0.488 e. The van der Waals surface area contributed by atoms with E-state index >= 15 is 0 Å². The molecular weight excluding hydrogens is 237 g/mol. The first kappa shape index (κ1) is 14.9. The minimum absolute atomic E-state index is 0.0229. The Morgan fingerprint density at radius 3 is 2.72 bits per heavy atom. The highest BCUT2D eigenvalue weighted by Gasteiger charge is 2.08. The van der Waals surface area contributed by atoms with Gasteiger partial charge in [-0.15, -0.1) is 0 Å². The van der Waals surface area contributed by atoms with Gasteiger partial charge in [-0.3, -0.25) is 0 Å². The molecule has 0 saturated carbocycles. The molecule has 18 heavy (non-hydrogen) atoms. The standard InChI is InChI=1S/C13H20FNO3/c1-10(15-2)11-3-4-13(12(14)9-11)18-8-7-17-6-5-16/h3-4,9-10,15-16H,5-8H2,1-2H3. The van der Waals surface area contributed by atoms with Crippen LogP contribution in [-0.4, -0.2) is 38.6 Å². The number of benzene rings is 1. The number of hydrogen-bond acceptors (Lipinski definition) is 4. The molecule has 0 saturated heterocycles. The summed E-state index contributed by atoms with van der Waals surface area (Å²) in [7, 11) is 1.82. The van der Waals surface area contributed by atoms with E-state index in [1.165, 1.54) is 6.07 Å². The van der Waals surface area contributed by atoms with Crippen LogP contribution in [0.5, 0.6) is 5.75 Å². The van der Waals surface area contributed by atoms with Crippen molar-refractivity contribution in [2.75, 3.05) is 33.5 Å². The van der Waals surface area contributed by atoms with E-state index in [0.717, 1.165) is 5.56 Å². The number of halogens is 1. The van der Waals surface area contributed by atoms with Crippen molar-refractivity contribution in [3.05, 3.63) is 29.6 Å². The highest BCUT2D eigenvalue weighted by molar-refractivity contribution is 5.30. The van der Waals surface area contributed by atoms with E-state index in [1.807, 2.05) is 20.0 Å². The van der Waals surface area contributed by atoms with Gasteiger partial charge in [0, 0.05) is 6.04 Å². The lowest BCUT2D eigenvalue weighted by molar-refractivity contribution is 0.0696. The monoisotopic (exact) mass is 257 g/mol. The lowest BCUT2D eigenvalue weighted by atomic mass is 10.1. The maximum Gasteiger partial charge on any atom is 0.165 e. The molecule has 102 valence electrons. The van der Waals surface area contributed by atoms with E-state index in [0.29, 0.717) is 6.61 Å². The zero-order valence-electron chi connectivity index (χ0n) is 10.8. The Balaban J connectivity index is 2.47. The number of aliphatic hydroxyl groups excluding tert-OH is 1. The highest BCUT2D eigenvalue weighted by Crippen LogP contribution is 2.21. The van der Waals surface area contributed by atoms with Crippen LogP contribution in [0.25, 0.3) is 0 Å². The largest absolute Gasteiger partial charge is 0.488 e. The Kier molecular flexibility index (Phi) is 6.64. The third-order valence-corrected chi connectivity index (χ3v) is 2.61. The van der Waals surface area contributed by atoms with Crippen LogP contribution in [0.3, 0.4) is 0 Å². The lowest BCUT2D eigenvalue weighted by Gasteiger charge is -2.13. The van der Waals surface area contributed by atoms with Crippen LogP contribution >= 0.6 is 0 Å². The summed E-state index contributed by atoms with van der Waals surface area (Å²) in [4.78, 5) is 0. The maximum atomic E-state index is 13.7. The number of hydrogen-bond donors (Lipinski definition) is 2. The number of aliphatic hydroxyl groups is 1. The summed E-state index contributed by atoms with van der Waals surface area (Å²) in [6, 6.07) is 5.01. The molecule has 4 nitrogen and oxygen atoms in total. The van der Waals surface area contributed by atoms with E-state index in [4.69, 9.17) is 14.6 Å². The van der Waals surface area contributed by atoms with Crippen molar-refractivity contribution in [3.63, 3.8) is 0 Å². The number of rotatable bonds is 8. The zero-order valence-corrected chi connectivity index (χ0v) is 10.8. The minimum atomic E-state index is -0.378. The topological polar surface area (TPSA) is 50.7 Å². The van der Waals surface area contributed by atoms with Gasteiger partial charge >= 0.3 is 0 Å². The predicted octanol–water partition coefficient (Wildman–Crippen LogP) is 1.49. The Morgan fingerprint density at radius 1 is 1.33 bits per heavy atom. The van der Waals surface area contributed by atoms with Crippen molar-refractivity contribution >= 4 is 0 Å². The van der Waals surface area contributed by atoms with Gasteiger partial charge in [0.05, 0.1) is 19.8 Å². The smallest absolute Gasteiger partial charge is 0.165 e. The van der Waals surface area contributed by atoms with Gasteiger partial charge in [-0.1, -0.05) is 6.07 Å². The molecule has 0 bridgehead atoms. The fourth-order valence-corrected chi connectivity index (χ4v) is 1.45. The molecule has 0 aliphatic rings. The molecule has 5 heteroatoms.